The maximum absolute atomic E-state index is 12.2. The Hall–Kier alpha value is -3.42. The van der Waals surface area contributed by atoms with Gasteiger partial charge in [-0.15, -0.1) is 11.3 Å². The van der Waals surface area contributed by atoms with E-state index in [0.717, 1.165) is 63.6 Å². The van der Waals surface area contributed by atoms with E-state index in [1.165, 1.54) is 0 Å². The molecule has 174 valence electrons. The average Bonchev–Trinajstić information content (AvgIpc) is 3.33. The van der Waals surface area contributed by atoms with Gasteiger partial charge in [-0.25, -0.2) is 4.98 Å². The van der Waals surface area contributed by atoms with E-state index < -0.39 is 5.91 Å². The van der Waals surface area contributed by atoms with Crippen molar-refractivity contribution in [1.82, 2.24) is 10.3 Å². The van der Waals surface area contributed by atoms with E-state index in [0.29, 0.717) is 18.2 Å². The number of nitrogens with two attached hydrogens (primary N) is 1. The number of thiophene rings is 1. The number of carbonyl (C=O) groups is 1. The van der Waals surface area contributed by atoms with Crippen molar-refractivity contribution in [2.45, 2.75) is 25.5 Å². The van der Waals surface area contributed by atoms with Crippen LogP contribution in [-0.4, -0.2) is 37.1 Å². The van der Waals surface area contributed by atoms with Crippen LogP contribution in [0.15, 0.2) is 66.9 Å². The molecule has 4 aromatic rings. The number of rotatable bonds is 7. The Morgan fingerprint density at radius 3 is 2.76 bits per heavy atom. The van der Waals surface area contributed by atoms with Gasteiger partial charge in [0.05, 0.1) is 10.3 Å². The molecule has 1 aliphatic rings. The van der Waals surface area contributed by atoms with Crippen LogP contribution in [0.4, 0.5) is 5.82 Å². The Morgan fingerprint density at radius 1 is 1.21 bits per heavy atom. The van der Waals surface area contributed by atoms with Gasteiger partial charge in [-0.05, 0) is 43.1 Å². The summed E-state index contributed by atoms with van der Waals surface area (Å²) in [6.45, 7) is 2.46. The van der Waals surface area contributed by atoms with Gasteiger partial charge in [0.15, 0.2) is 0 Å². The molecule has 1 atom stereocenters. The molecule has 5 rings (SSSR count). The average molecular weight is 473 g/mol. The molecule has 2 aromatic heterocycles. The predicted octanol–water partition coefficient (Wildman–Crippen LogP) is 4.83. The number of nitrogens with zero attached hydrogens (tertiary/aromatic N) is 2. The van der Waals surface area contributed by atoms with Gasteiger partial charge in [-0.2, -0.15) is 0 Å². The molecule has 1 amide bonds. The van der Waals surface area contributed by atoms with Crippen molar-refractivity contribution in [1.29, 1.82) is 0 Å². The summed E-state index contributed by atoms with van der Waals surface area (Å²) < 4.78 is 7.07. The molecular formula is C27H28N4O2S. The summed E-state index contributed by atoms with van der Waals surface area (Å²) in [4.78, 5) is 20.1. The van der Waals surface area contributed by atoms with E-state index in [2.05, 4.69) is 46.5 Å². The molecule has 0 bridgehead atoms. The lowest BCUT2D eigenvalue weighted by atomic mass is 10.1. The summed E-state index contributed by atoms with van der Waals surface area (Å²) in [5, 5.41) is 4.42. The van der Waals surface area contributed by atoms with Crippen molar-refractivity contribution < 1.29 is 9.53 Å². The molecule has 3 heterocycles. The lowest BCUT2D eigenvalue weighted by Crippen LogP contribution is -2.44. The molecule has 1 aliphatic heterocycles. The summed E-state index contributed by atoms with van der Waals surface area (Å²) in [5.41, 5.74) is 8.27. The molecule has 1 saturated heterocycles. The summed E-state index contributed by atoms with van der Waals surface area (Å²) in [6.07, 6.45) is 3.86. The Bertz CT molecular complexity index is 1300. The Kier molecular flexibility index (Phi) is 6.47. The minimum absolute atomic E-state index is 0.355. The number of piperidine rings is 1. The summed E-state index contributed by atoms with van der Waals surface area (Å²) >= 11 is 1.56. The lowest BCUT2D eigenvalue weighted by molar-refractivity contribution is 0.100. The zero-order chi connectivity index (χ0) is 23.5. The first kappa shape index (κ1) is 22.4. The van der Waals surface area contributed by atoms with Gasteiger partial charge in [0.1, 0.15) is 18.2 Å². The molecule has 0 radical (unpaired) electrons. The van der Waals surface area contributed by atoms with Crippen molar-refractivity contribution >= 4 is 33.1 Å². The Labute approximate surface area is 203 Å². The molecule has 1 fully saturated rings. The van der Waals surface area contributed by atoms with Gasteiger partial charge >= 0.3 is 0 Å². The van der Waals surface area contributed by atoms with Crippen LogP contribution in [0.1, 0.15) is 28.8 Å². The van der Waals surface area contributed by atoms with Gasteiger partial charge in [0.25, 0.3) is 5.91 Å². The standard InChI is InChI=1S/C27H28N4O2S/c1-31(19-10-7-13-29-15-19)27-21-14-24(34-25(21)22(16-30-27)26(28)32)20-11-5-6-12-23(20)33-17-18-8-3-2-4-9-18/h2-6,8-9,11-12,14,16,19,29H,7,10,13,15,17H2,1H3,(H2,28,32)/t19-/m0/s1. The molecule has 34 heavy (non-hydrogen) atoms. The number of hydrogen-bond donors (Lipinski definition) is 2. The number of benzene rings is 2. The highest BCUT2D eigenvalue weighted by atomic mass is 32.1. The Morgan fingerprint density at radius 2 is 2.00 bits per heavy atom. The second kappa shape index (κ2) is 9.83. The third-order valence-electron chi connectivity index (χ3n) is 6.34. The fraction of sp³-hybridized carbons (Fsp3) is 0.259. The van der Waals surface area contributed by atoms with E-state index in [1.807, 2.05) is 36.4 Å². The predicted molar refractivity (Wildman–Crippen MR) is 139 cm³/mol. The molecule has 0 saturated carbocycles. The smallest absolute Gasteiger partial charge is 0.251 e. The minimum atomic E-state index is -0.465. The van der Waals surface area contributed by atoms with E-state index in [1.54, 1.807) is 17.5 Å². The van der Waals surface area contributed by atoms with Crippen LogP contribution in [0.5, 0.6) is 5.75 Å². The normalized spacial score (nSPS) is 15.9. The number of nitrogens with one attached hydrogen (secondary N) is 1. The van der Waals surface area contributed by atoms with E-state index in [9.17, 15) is 4.79 Å². The first-order valence-electron chi connectivity index (χ1n) is 11.5. The zero-order valence-corrected chi connectivity index (χ0v) is 20.0. The highest BCUT2D eigenvalue weighted by Gasteiger charge is 2.24. The molecule has 6 nitrogen and oxygen atoms in total. The number of pyridine rings is 1. The first-order chi connectivity index (χ1) is 16.6. The maximum atomic E-state index is 12.2. The summed E-state index contributed by atoms with van der Waals surface area (Å²) in [7, 11) is 2.08. The molecule has 0 spiro atoms. The molecule has 2 aromatic carbocycles. The lowest BCUT2D eigenvalue weighted by Gasteiger charge is -2.33. The molecule has 0 aliphatic carbocycles. The minimum Gasteiger partial charge on any atom is -0.488 e. The topological polar surface area (TPSA) is 80.5 Å². The fourth-order valence-corrected chi connectivity index (χ4v) is 5.67. The van der Waals surface area contributed by atoms with Crippen molar-refractivity contribution in [3.05, 3.63) is 78.0 Å². The number of aromatic nitrogens is 1. The van der Waals surface area contributed by atoms with Crippen molar-refractivity contribution in [2.24, 2.45) is 5.73 Å². The summed E-state index contributed by atoms with van der Waals surface area (Å²) in [5.74, 6) is 1.21. The number of likely N-dealkylation sites (N-methyl/N-ethyl adjacent to an activating group) is 1. The highest BCUT2D eigenvalue weighted by molar-refractivity contribution is 7.22. The number of carbonyl (C=O) groups excluding carboxylic acids is 1. The van der Waals surface area contributed by atoms with Crippen LogP contribution >= 0.6 is 11.3 Å². The van der Waals surface area contributed by atoms with Gasteiger partial charge in [0, 0.05) is 41.7 Å². The zero-order valence-electron chi connectivity index (χ0n) is 19.2. The second-order valence-electron chi connectivity index (χ2n) is 8.59. The third kappa shape index (κ3) is 4.49. The number of fused-ring (bicyclic) bond motifs is 1. The number of anilines is 1. The largest absolute Gasteiger partial charge is 0.488 e. The van der Waals surface area contributed by atoms with Crippen molar-refractivity contribution in [2.75, 3.05) is 25.0 Å². The quantitative estimate of drug-likeness (QED) is 0.403. The first-order valence-corrected chi connectivity index (χ1v) is 12.4. The van der Waals surface area contributed by atoms with Crippen molar-refractivity contribution in [3.8, 4) is 16.2 Å². The van der Waals surface area contributed by atoms with Gasteiger partial charge in [-0.1, -0.05) is 42.5 Å². The third-order valence-corrected chi connectivity index (χ3v) is 7.54. The van der Waals surface area contributed by atoms with Crippen LogP contribution in [0.2, 0.25) is 0 Å². The maximum Gasteiger partial charge on any atom is 0.251 e. The molecule has 3 N–H and O–H groups in total. The van der Waals surface area contributed by atoms with Gasteiger partial charge in [-0.3, -0.25) is 4.79 Å². The Balaban J connectivity index is 1.55. The number of amides is 1. The number of primary amides is 1. The number of para-hydroxylation sites is 1. The fourth-order valence-electron chi connectivity index (χ4n) is 4.47. The van der Waals surface area contributed by atoms with Gasteiger partial charge < -0.3 is 20.7 Å². The number of ether oxygens (including phenoxy) is 1. The van der Waals surface area contributed by atoms with Gasteiger partial charge in [0.2, 0.25) is 0 Å². The molecule has 7 heteroatoms. The number of hydrogen-bond acceptors (Lipinski definition) is 6. The monoisotopic (exact) mass is 472 g/mol. The van der Waals surface area contributed by atoms with Crippen molar-refractivity contribution in [3.63, 3.8) is 0 Å². The highest BCUT2D eigenvalue weighted by Crippen LogP contribution is 2.42. The van der Waals surface area contributed by atoms with E-state index in [4.69, 9.17) is 10.5 Å². The molecular weight excluding hydrogens is 444 g/mol. The van der Waals surface area contributed by atoms with Crippen LogP contribution in [0.25, 0.3) is 20.5 Å². The second-order valence-corrected chi connectivity index (χ2v) is 9.65. The van der Waals surface area contributed by atoms with E-state index in [-0.39, 0.29) is 0 Å². The van der Waals surface area contributed by atoms with E-state index >= 15 is 0 Å². The summed E-state index contributed by atoms with van der Waals surface area (Å²) in [6, 6.07) is 20.6. The molecule has 0 unspecified atom stereocenters. The van der Waals surface area contributed by atoms with Crippen LogP contribution < -0.4 is 20.7 Å². The SMILES string of the molecule is CN(c1ncc(C(N)=O)c2sc(-c3ccccc3OCc3ccccc3)cc12)[C@H]1CCCNC1. The van der Waals surface area contributed by atoms with Crippen LogP contribution in [0, 0.1) is 0 Å². The van der Waals surface area contributed by atoms with Crippen LogP contribution in [0.3, 0.4) is 0 Å². The van der Waals surface area contributed by atoms with Crippen LogP contribution in [-0.2, 0) is 6.61 Å².